The number of carboxylic acids is 1. The fourth-order valence-electron chi connectivity index (χ4n) is 1.54. The molecule has 0 saturated carbocycles. The molecule has 0 aliphatic rings. The molecule has 6 nitrogen and oxygen atoms in total. The molecular formula is C13H12N2O4. The summed E-state index contributed by atoms with van der Waals surface area (Å²) in [5.74, 6) is -1.64. The van der Waals surface area contributed by atoms with Crippen LogP contribution in [0.2, 0.25) is 0 Å². The first-order valence-corrected chi connectivity index (χ1v) is 5.54. The summed E-state index contributed by atoms with van der Waals surface area (Å²) in [4.78, 5) is 26.5. The fraction of sp³-hybridized carbons (Fsp3) is 0.0769. The smallest absolute Gasteiger partial charge is 0.332 e. The molecule has 1 amide bonds. The van der Waals surface area contributed by atoms with Crippen LogP contribution in [0.1, 0.15) is 10.4 Å². The number of rotatable bonds is 5. The van der Waals surface area contributed by atoms with Crippen molar-refractivity contribution in [3.05, 3.63) is 54.4 Å². The maximum absolute atomic E-state index is 11.7. The van der Waals surface area contributed by atoms with E-state index in [4.69, 9.17) is 5.11 Å². The highest BCUT2D eigenvalue weighted by molar-refractivity contribution is 5.94. The van der Waals surface area contributed by atoms with E-state index < -0.39 is 18.5 Å². The van der Waals surface area contributed by atoms with Crippen LogP contribution in [0.25, 0.3) is 5.69 Å². The number of amides is 1. The lowest BCUT2D eigenvalue weighted by molar-refractivity contribution is -0.144. The topological polar surface area (TPSA) is 80.6 Å². The van der Waals surface area contributed by atoms with Crippen molar-refractivity contribution < 1.29 is 19.5 Å². The van der Waals surface area contributed by atoms with Gasteiger partial charge in [0.15, 0.2) is 6.61 Å². The number of carboxylic acid groups (broad SMARTS) is 1. The van der Waals surface area contributed by atoms with Gasteiger partial charge in [0.2, 0.25) is 0 Å². The maximum Gasteiger partial charge on any atom is 0.332 e. The average Bonchev–Trinajstić information content (AvgIpc) is 2.92. The Kier molecular flexibility index (Phi) is 3.94. The van der Waals surface area contributed by atoms with E-state index in [2.05, 4.69) is 10.3 Å². The predicted molar refractivity (Wildman–Crippen MR) is 66.8 cm³/mol. The van der Waals surface area contributed by atoms with Crippen LogP contribution in [0.15, 0.2) is 48.8 Å². The van der Waals surface area contributed by atoms with Gasteiger partial charge >= 0.3 is 5.97 Å². The van der Waals surface area contributed by atoms with E-state index in [1.165, 1.54) is 0 Å². The molecule has 0 unspecified atom stereocenters. The molecule has 0 aliphatic carbocycles. The van der Waals surface area contributed by atoms with Gasteiger partial charge in [0.1, 0.15) is 0 Å². The Hall–Kier alpha value is -2.60. The van der Waals surface area contributed by atoms with Crippen molar-refractivity contribution in [2.75, 3.05) is 6.61 Å². The zero-order valence-corrected chi connectivity index (χ0v) is 9.95. The number of aromatic nitrogens is 1. The molecule has 2 N–H and O–H groups in total. The van der Waals surface area contributed by atoms with Crippen LogP contribution in [-0.4, -0.2) is 28.2 Å². The second-order valence-corrected chi connectivity index (χ2v) is 3.75. The Morgan fingerprint density at radius 2 is 1.95 bits per heavy atom. The summed E-state index contributed by atoms with van der Waals surface area (Å²) in [5.41, 5.74) is 3.29. The number of hydrogen-bond acceptors (Lipinski definition) is 3. The zero-order valence-electron chi connectivity index (χ0n) is 9.95. The number of nitrogens with zero attached hydrogens (tertiary/aromatic N) is 1. The normalized spacial score (nSPS) is 10.1. The van der Waals surface area contributed by atoms with Crippen LogP contribution in [0, 0.1) is 0 Å². The summed E-state index contributed by atoms with van der Waals surface area (Å²) in [6, 6.07) is 10.6. The van der Waals surface area contributed by atoms with Crippen LogP contribution < -0.4 is 5.48 Å². The molecule has 1 heterocycles. The van der Waals surface area contributed by atoms with E-state index in [1.807, 2.05) is 35.2 Å². The second kappa shape index (κ2) is 5.83. The SMILES string of the molecule is O=C(O)CONC(=O)c1cccc(-n2cccc2)c1. The number of carbonyl (C=O) groups is 2. The summed E-state index contributed by atoms with van der Waals surface area (Å²) in [5, 5.41) is 8.39. The van der Waals surface area contributed by atoms with E-state index in [0.717, 1.165) is 5.69 Å². The monoisotopic (exact) mass is 260 g/mol. The Bertz CT molecular complexity index is 578. The molecule has 19 heavy (non-hydrogen) atoms. The molecule has 0 bridgehead atoms. The van der Waals surface area contributed by atoms with Gasteiger partial charge in [-0.15, -0.1) is 0 Å². The highest BCUT2D eigenvalue weighted by Crippen LogP contribution is 2.10. The van der Waals surface area contributed by atoms with Crippen molar-refractivity contribution in [2.24, 2.45) is 0 Å². The number of benzene rings is 1. The molecule has 0 radical (unpaired) electrons. The number of hydroxylamine groups is 1. The minimum atomic E-state index is -1.15. The van der Waals surface area contributed by atoms with Crippen molar-refractivity contribution in [1.82, 2.24) is 10.0 Å². The molecule has 6 heteroatoms. The third-order valence-electron chi connectivity index (χ3n) is 2.37. The summed E-state index contributed by atoms with van der Waals surface area (Å²) >= 11 is 0. The summed E-state index contributed by atoms with van der Waals surface area (Å²) in [6.07, 6.45) is 3.72. The molecule has 0 aliphatic heterocycles. The van der Waals surface area contributed by atoms with Gasteiger partial charge in [0.25, 0.3) is 5.91 Å². The average molecular weight is 260 g/mol. The summed E-state index contributed by atoms with van der Waals surface area (Å²) in [6.45, 7) is -0.580. The molecule has 2 rings (SSSR count). The standard InChI is InChI=1S/C13H12N2O4/c16-12(17)9-19-14-13(18)10-4-3-5-11(8-10)15-6-1-2-7-15/h1-8H,9H2,(H,14,18)(H,16,17). The van der Waals surface area contributed by atoms with Gasteiger partial charge in [-0.2, -0.15) is 0 Å². The van der Waals surface area contributed by atoms with Gasteiger partial charge in [-0.05, 0) is 30.3 Å². The lowest BCUT2D eigenvalue weighted by atomic mass is 10.2. The predicted octanol–water partition coefficient (Wildman–Crippen LogP) is 1.22. The fourth-order valence-corrected chi connectivity index (χ4v) is 1.54. The highest BCUT2D eigenvalue weighted by Gasteiger charge is 2.07. The van der Waals surface area contributed by atoms with Crippen LogP contribution in [0.3, 0.4) is 0 Å². The molecule has 1 aromatic carbocycles. The van der Waals surface area contributed by atoms with Crippen LogP contribution in [-0.2, 0) is 9.63 Å². The highest BCUT2D eigenvalue weighted by atomic mass is 16.7. The largest absolute Gasteiger partial charge is 0.479 e. The molecule has 0 spiro atoms. The molecule has 0 fully saturated rings. The first kappa shape index (κ1) is 12.8. The van der Waals surface area contributed by atoms with E-state index in [0.29, 0.717) is 5.56 Å². The van der Waals surface area contributed by atoms with E-state index >= 15 is 0 Å². The molecule has 98 valence electrons. The number of hydrogen-bond donors (Lipinski definition) is 2. The minimum Gasteiger partial charge on any atom is -0.479 e. The van der Waals surface area contributed by atoms with Gasteiger partial charge in [-0.1, -0.05) is 6.07 Å². The Balaban J connectivity index is 2.06. The quantitative estimate of drug-likeness (QED) is 0.792. The third-order valence-corrected chi connectivity index (χ3v) is 2.37. The Labute approximate surface area is 109 Å². The molecular weight excluding hydrogens is 248 g/mol. The molecule has 1 aromatic heterocycles. The van der Waals surface area contributed by atoms with Gasteiger partial charge in [-0.25, -0.2) is 10.3 Å². The van der Waals surface area contributed by atoms with Crippen molar-refractivity contribution in [3.8, 4) is 5.69 Å². The first-order chi connectivity index (χ1) is 9.16. The van der Waals surface area contributed by atoms with Gasteiger partial charge in [0, 0.05) is 23.6 Å². The number of carbonyl (C=O) groups excluding carboxylic acids is 1. The third kappa shape index (κ3) is 3.43. The molecule has 0 atom stereocenters. The van der Waals surface area contributed by atoms with Crippen LogP contribution >= 0.6 is 0 Å². The van der Waals surface area contributed by atoms with E-state index in [-0.39, 0.29) is 0 Å². The minimum absolute atomic E-state index is 0.386. The van der Waals surface area contributed by atoms with E-state index in [9.17, 15) is 9.59 Å². The van der Waals surface area contributed by atoms with Crippen molar-refractivity contribution >= 4 is 11.9 Å². The first-order valence-electron chi connectivity index (χ1n) is 5.54. The van der Waals surface area contributed by atoms with Crippen molar-refractivity contribution in [1.29, 1.82) is 0 Å². The Morgan fingerprint density at radius 3 is 2.63 bits per heavy atom. The van der Waals surface area contributed by atoms with E-state index in [1.54, 1.807) is 18.2 Å². The second-order valence-electron chi connectivity index (χ2n) is 3.75. The summed E-state index contributed by atoms with van der Waals surface area (Å²) < 4.78 is 1.86. The van der Waals surface area contributed by atoms with Crippen LogP contribution in [0.4, 0.5) is 0 Å². The lowest BCUT2D eigenvalue weighted by Crippen LogP contribution is -2.26. The van der Waals surface area contributed by atoms with Crippen LogP contribution in [0.5, 0.6) is 0 Å². The zero-order chi connectivity index (χ0) is 13.7. The number of nitrogens with one attached hydrogen (secondary N) is 1. The molecule has 0 saturated heterocycles. The van der Waals surface area contributed by atoms with Crippen molar-refractivity contribution in [3.63, 3.8) is 0 Å². The van der Waals surface area contributed by atoms with Crippen molar-refractivity contribution in [2.45, 2.75) is 0 Å². The Morgan fingerprint density at radius 1 is 1.21 bits per heavy atom. The van der Waals surface area contributed by atoms with Gasteiger partial charge < -0.3 is 9.67 Å². The number of aliphatic carboxylic acids is 1. The molecule has 2 aromatic rings. The van der Waals surface area contributed by atoms with Gasteiger partial charge in [-0.3, -0.25) is 9.63 Å². The van der Waals surface area contributed by atoms with Gasteiger partial charge in [0.05, 0.1) is 0 Å². The summed E-state index contributed by atoms with van der Waals surface area (Å²) in [7, 11) is 0. The lowest BCUT2D eigenvalue weighted by Gasteiger charge is -2.07. The maximum atomic E-state index is 11.7.